The lowest BCUT2D eigenvalue weighted by atomic mass is 10.0. The van der Waals surface area contributed by atoms with Crippen molar-refractivity contribution in [3.05, 3.63) is 126 Å². The maximum Gasteiger partial charge on any atom is 0.416 e. The summed E-state index contributed by atoms with van der Waals surface area (Å²) in [7, 11) is -3.08. The van der Waals surface area contributed by atoms with Gasteiger partial charge in [-0.05, 0) is 74.4 Å². The van der Waals surface area contributed by atoms with Gasteiger partial charge >= 0.3 is 6.18 Å². The number of benzene rings is 4. The van der Waals surface area contributed by atoms with Crippen LogP contribution in [0.25, 0.3) is 0 Å². The summed E-state index contributed by atoms with van der Waals surface area (Å²) < 4.78 is 75.5. The van der Waals surface area contributed by atoms with Crippen LogP contribution in [0.5, 0.6) is 5.75 Å². The zero-order valence-electron chi connectivity index (χ0n) is 27.1. The molecule has 1 N–H and O–H groups in total. The Hall–Kier alpha value is -4.84. The molecule has 8 nitrogen and oxygen atoms in total. The summed E-state index contributed by atoms with van der Waals surface area (Å²) >= 11 is 0. The number of nitrogens with zero attached hydrogens (tertiary/aromatic N) is 2. The summed E-state index contributed by atoms with van der Waals surface area (Å²) in [5.74, 6) is -0.797. The standard InChI is InChI=1S/C36H38F3N3O5S/c1-35(2,3)40-34(44)32(22-26-13-7-5-8-14-26)41(24-27-15-11-18-30(21-27)47-4)33(43)25-42(48(45,46)31-19-9-6-10-20-31)29-17-12-16-28(23-29)36(37,38)39/h5-21,23,32H,22,24-25H2,1-4H3,(H,40,44)/t32-/m0/s1. The van der Waals surface area contributed by atoms with Gasteiger partial charge in [0, 0.05) is 18.5 Å². The molecular formula is C36H38F3N3O5S. The molecule has 4 rings (SSSR count). The van der Waals surface area contributed by atoms with Crippen LogP contribution in [0.3, 0.4) is 0 Å². The van der Waals surface area contributed by atoms with E-state index in [0.717, 1.165) is 17.7 Å². The minimum atomic E-state index is -4.77. The van der Waals surface area contributed by atoms with Gasteiger partial charge in [0.25, 0.3) is 10.0 Å². The number of hydrogen-bond donors (Lipinski definition) is 1. The smallest absolute Gasteiger partial charge is 0.416 e. The van der Waals surface area contributed by atoms with E-state index in [4.69, 9.17) is 4.74 Å². The number of anilines is 1. The van der Waals surface area contributed by atoms with E-state index in [2.05, 4.69) is 5.32 Å². The second kappa shape index (κ2) is 14.9. The average Bonchev–Trinajstić information content (AvgIpc) is 3.05. The van der Waals surface area contributed by atoms with Crippen molar-refractivity contribution in [2.45, 2.75) is 56.4 Å². The van der Waals surface area contributed by atoms with Gasteiger partial charge in [-0.2, -0.15) is 13.2 Å². The quantitative estimate of drug-likeness (QED) is 0.185. The first-order valence-electron chi connectivity index (χ1n) is 15.1. The summed E-state index contributed by atoms with van der Waals surface area (Å²) in [5.41, 5.74) is -0.803. The Balaban J connectivity index is 1.86. The predicted octanol–water partition coefficient (Wildman–Crippen LogP) is 6.46. The summed E-state index contributed by atoms with van der Waals surface area (Å²) in [6.45, 7) is 4.35. The largest absolute Gasteiger partial charge is 0.497 e. The van der Waals surface area contributed by atoms with Gasteiger partial charge < -0.3 is 15.0 Å². The molecule has 2 amide bonds. The fraction of sp³-hybridized carbons (Fsp3) is 0.278. The fourth-order valence-corrected chi connectivity index (χ4v) is 6.49. The van der Waals surface area contributed by atoms with Crippen LogP contribution in [0.2, 0.25) is 0 Å². The van der Waals surface area contributed by atoms with Crippen molar-refractivity contribution in [3.63, 3.8) is 0 Å². The number of amides is 2. The van der Waals surface area contributed by atoms with Crippen molar-refractivity contribution in [3.8, 4) is 5.75 Å². The molecule has 0 spiro atoms. The van der Waals surface area contributed by atoms with E-state index < -0.39 is 51.7 Å². The Morgan fingerprint density at radius 3 is 2.02 bits per heavy atom. The highest BCUT2D eigenvalue weighted by atomic mass is 32.2. The normalized spacial score (nSPS) is 12.6. The van der Waals surface area contributed by atoms with Crippen LogP contribution in [-0.2, 0) is 38.8 Å². The van der Waals surface area contributed by atoms with Crippen molar-refractivity contribution in [2.24, 2.45) is 0 Å². The second-order valence-corrected chi connectivity index (χ2v) is 14.1. The molecule has 1 atom stereocenters. The van der Waals surface area contributed by atoms with Crippen LogP contribution in [-0.4, -0.2) is 50.4 Å². The molecule has 0 aliphatic carbocycles. The highest BCUT2D eigenvalue weighted by Gasteiger charge is 2.37. The Morgan fingerprint density at radius 1 is 0.812 bits per heavy atom. The van der Waals surface area contributed by atoms with Crippen molar-refractivity contribution in [2.75, 3.05) is 18.0 Å². The third-order valence-electron chi connectivity index (χ3n) is 7.33. The molecule has 0 heterocycles. The number of rotatable bonds is 12. The van der Waals surface area contributed by atoms with Gasteiger partial charge in [-0.3, -0.25) is 13.9 Å². The zero-order valence-corrected chi connectivity index (χ0v) is 27.9. The Labute approximate surface area is 279 Å². The first-order valence-corrected chi connectivity index (χ1v) is 16.6. The molecule has 0 radical (unpaired) electrons. The SMILES string of the molecule is COc1cccc(CN(C(=O)CN(c2cccc(C(F)(F)F)c2)S(=O)(=O)c2ccccc2)[C@@H](Cc2ccccc2)C(=O)NC(C)(C)C)c1. The maximum absolute atomic E-state index is 14.5. The van der Waals surface area contributed by atoms with Gasteiger partial charge in [0.15, 0.2) is 0 Å². The Kier molecular flexibility index (Phi) is 11.2. The van der Waals surface area contributed by atoms with E-state index in [1.807, 2.05) is 6.07 Å². The number of methoxy groups -OCH3 is 1. The van der Waals surface area contributed by atoms with Crippen LogP contribution < -0.4 is 14.4 Å². The molecule has 0 aliphatic rings. The summed E-state index contributed by atoms with van der Waals surface area (Å²) in [6.07, 6.45) is -4.69. The van der Waals surface area contributed by atoms with Gasteiger partial charge in [-0.25, -0.2) is 8.42 Å². The monoisotopic (exact) mass is 681 g/mol. The molecule has 0 fully saturated rings. The Morgan fingerprint density at radius 2 is 1.42 bits per heavy atom. The van der Waals surface area contributed by atoms with Crippen LogP contribution in [0.15, 0.2) is 114 Å². The minimum absolute atomic E-state index is 0.0768. The topological polar surface area (TPSA) is 96.0 Å². The van der Waals surface area contributed by atoms with Gasteiger partial charge in [-0.15, -0.1) is 0 Å². The number of ether oxygens (including phenoxy) is 1. The maximum atomic E-state index is 14.5. The van der Waals surface area contributed by atoms with Crippen molar-refractivity contribution in [1.29, 1.82) is 0 Å². The summed E-state index contributed by atoms with van der Waals surface area (Å²) in [5, 5.41) is 2.93. The first kappa shape index (κ1) is 36.0. The van der Waals surface area contributed by atoms with E-state index in [1.54, 1.807) is 75.4 Å². The van der Waals surface area contributed by atoms with Crippen LogP contribution in [0.4, 0.5) is 18.9 Å². The zero-order chi connectivity index (χ0) is 35.1. The lowest BCUT2D eigenvalue weighted by molar-refractivity contribution is -0.140. The van der Waals surface area contributed by atoms with Crippen LogP contribution in [0.1, 0.15) is 37.5 Å². The minimum Gasteiger partial charge on any atom is -0.497 e. The molecule has 0 aromatic heterocycles. The molecule has 0 unspecified atom stereocenters. The van der Waals surface area contributed by atoms with E-state index in [1.165, 1.54) is 42.3 Å². The van der Waals surface area contributed by atoms with E-state index in [9.17, 15) is 31.2 Å². The summed E-state index contributed by atoms with van der Waals surface area (Å²) in [4.78, 5) is 29.5. The Bertz CT molecular complexity index is 1810. The number of sulfonamides is 1. The fourth-order valence-electron chi connectivity index (χ4n) is 5.06. The van der Waals surface area contributed by atoms with Crippen molar-refractivity contribution >= 4 is 27.5 Å². The van der Waals surface area contributed by atoms with E-state index in [-0.39, 0.29) is 23.5 Å². The number of alkyl halides is 3. The number of halogens is 3. The number of carbonyl (C=O) groups excluding carboxylic acids is 2. The number of carbonyl (C=O) groups is 2. The molecule has 0 aliphatic heterocycles. The molecular weight excluding hydrogens is 643 g/mol. The van der Waals surface area contributed by atoms with E-state index >= 15 is 0 Å². The van der Waals surface area contributed by atoms with Gasteiger partial charge in [-0.1, -0.05) is 66.7 Å². The van der Waals surface area contributed by atoms with Crippen molar-refractivity contribution < 1.29 is 35.9 Å². The lowest BCUT2D eigenvalue weighted by Gasteiger charge is -2.35. The molecule has 48 heavy (non-hydrogen) atoms. The summed E-state index contributed by atoms with van der Waals surface area (Å²) in [6, 6.07) is 25.7. The number of hydrogen-bond acceptors (Lipinski definition) is 5. The molecule has 0 saturated heterocycles. The number of nitrogens with one attached hydrogen (secondary N) is 1. The molecule has 4 aromatic carbocycles. The lowest BCUT2D eigenvalue weighted by Crippen LogP contribution is -2.56. The second-order valence-electron chi connectivity index (χ2n) is 12.2. The first-order chi connectivity index (χ1) is 22.6. The third kappa shape index (κ3) is 9.37. The highest BCUT2D eigenvalue weighted by Crippen LogP contribution is 2.33. The molecule has 254 valence electrons. The van der Waals surface area contributed by atoms with Gasteiger partial charge in [0.1, 0.15) is 18.3 Å². The van der Waals surface area contributed by atoms with Crippen molar-refractivity contribution in [1.82, 2.24) is 10.2 Å². The molecule has 12 heteroatoms. The van der Waals surface area contributed by atoms with Crippen LogP contribution in [0, 0.1) is 0 Å². The van der Waals surface area contributed by atoms with Gasteiger partial charge in [0.2, 0.25) is 11.8 Å². The predicted molar refractivity (Wildman–Crippen MR) is 178 cm³/mol. The molecule has 0 saturated carbocycles. The highest BCUT2D eigenvalue weighted by molar-refractivity contribution is 7.92. The van der Waals surface area contributed by atoms with Gasteiger partial charge in [0.05, 0.1) is 23.3 Å². The third-order valence-corrected chi connectivity index (χ3v) is 9.12. The van der Waals surface area contributed by atoms with Crippen LogP contribution >= 0.6 is 0 Å². The molecule has 0 bridgehead atoms. The average molecular weight is 682 g/mol. The molecule has 4 aromatic rings. The van der Waals surface area contributed by atoms with E-state index in [0.29, 0.717) is 21.7 Å².